The molecule has 1 N–H and O–H groups in total. The van der Waals surface area contributed by atoms with E-state index in [2.05, 4.69) is 14.9 Å². The molecule has 1 aromatic heterocycles. The summed E-state index contributed by atoms with van der Waals surface area (Å²) in [7, 11) is -3.28. The Balaban J connectivity index is 1.76. The van der Waals surface area contributed by atoms with E-state index >= 15 is 0 Å². The van der Waals surface area contributed by atoms with Crippen LogP contribution in [-0.2, 0) is 22.9 Å². The van der Waals surface area contributed by atoms with Crippen LogP contribution in [0.4, 0.5) is 0 Å². The summed E-state index contributed by atoms with van der Waals surface area (Å²) in [4.78, 5) is 0. The second-order valence-corrected chi connectivity index (χ2v) is 6.34. The maximum atomic E-state index is 11.8. The predicted octanol–water partition coefficient (Wildman–Crippen LogP) is 1.08. The highest BCUT2D eigenvalue weighted by molar-refractivity contribution is 7.89. The number of aryl methyl sites for hydroxylation is 2. The number of hydrogen-bond acceptors (Lipinski definition) is 5. The molecule has 0 bridgehead atoms. The molecule has 0 amide bonds. The zero-order valence-electron chi connectivity index (χ0n) is 11.2. The van der Waals surface area contributed by atoms with E-state index in [9.17, 15) is 8.42 Å². The van der Waals surface area contributed by atoms with Crippen molar-refractivity contribution in [1.82, 2.24) is 14.9 Å². The Morgan fingerprint density at radius 2 is 1.90 bits per heavy atom. The first kappa shape index (κ1) is 14.7. The molecule has 2 rings (SSSR count). The lowest BCUT2D eigenvalue weighted by molar-refractivity contribution is 0.466. The van der Waals surface area contributed by atoms with Crippen molar-refractivity contribution in [3.8, 4) is 0 Å². The molecule has 2 aromatic rings. The Hall–Kier alpha value is -1.73. The maximum absolute atomic E-state index is 11.8. The Kier molecular flexibility index (Phi) is 4.86. The zero-order chi connectivity index (χ0) is 14.4. The van der Waals surface area contributed by atoms with E-state index in [0.29, 0.717) is 24.6 Å². The third-order valence-electron chi connectivity index (χ3n) is 2.73. The molecule has 1 aromatic carbocycles. The number of rotatable bonds is 7. The van der Waals surface area contributed by atoms with Crippen LogP contribution in [0, 0.1) is 6.92 Å². The standard InChI is InChI=1S/C13H17N3O3S/c1-11-15-16-13(19-11)7-9-14-20(17,18)10-8-12-5-3-2-4-6-12/h2-6,14H,7-10H2,1H3. The molecule has 0 saturated heterocycles. The SMILES string of the molecule is Cc1nnc(CCNS(=O)(=O)CCc2ccccc2)o1. The highest BCUT2D eigenvalue weighted by Gasteiger charge is 2.11. The normalized spacial score (nSPS) is 11.7. The van der Waals surface area contributed by atoms with E-state index in [1.54, 1.807) is 6.92 Å². The molecule has 0 atom stereocenters. The van der Waals surface area contributed by atoms with Crippen molar-refractivity contribution in [1.29, 1.82) is 0 Å². The van der Waals surface area contributed by atoms with E-state index in [0.717, 1.165) is 5.56 Å². The maximum Gasteiger partial charge on any atom is 0.217 e. The van der Waals surface area contributed by atoms with Crippen molar-refractivity contribution >= 4 is 10.0 Å². The van der Waals surface area contributed by atoms with Crippen LogP contribution in [0.5, 0.6) is 0 Å². The lowest BCUT2D eigenvalue weighted by atomic mass is 10.2. The average molecular weight is 295 g/mol. The van der Waals surface area contributed by atoms with Crippen molar-refractivity contribution in [2.75, 3.05) is 12.3 Å². The molecule has 1 heterocycles. The summed E-state index contributed by atoms with van der Waals surface area (Å²) in [6, 6.07) is 9.52. The van der Waals surface area contributed by atoms with E-state index in [1.807, 2.05) is 30.3 Å². The monoisotopic (exact) mass is 295 g/mol. The fourth-order valence-electron chi connectivity index (χ4n) is 1.72. The summed E-state index contributed by atoms with van der Waals surface area (Å²) in [5.74, 6) is 0.986. The van der Waals surface area contributed by atoms with E-state index < -0.39 is 10.0 Å². The third-order valence-corrected chi connectivity index (χ3v) is 4.12. The largest absolute Gasteiger partial charge is 0.426 e. The van der Waals surface area contributed by atoms with Crippen molar-refractivity contribution in [3.63, 3.8) is 0 Å². The minimum atomic E-state index is -3.28. The smallest absolute Gasteiger partial charge is 0.217 e. The summed E-state index contributed by atoms with van der Waals surface area (Å²) in [5.41, 5.74) is 1.01. The van der Waals surface area contributed by atoms with E-state index in [4.69, 9.17) is 4.42 Å². The van der Waals surface area contributed by atoms with Gasteiger partial charge in [-0.15, -0.1) is 10.2 Å². The molecule has 6 nitrogen and oxygen atoms in total. The van der Waals surface area contributed by atoms with E-state index in [-0.39, 0.29) is 12.3 Å². The van der Waals surface area contributed by atoms with Crippen LogP contribution in [0.2, 0.25) is 0 Å². The van der Waals surface area contributed by atoms with Gasteiger partial charge in [-0.05, 0) is 12.0 Å². The minimum absolute atomic E-state index is 0.0693. The van der Waals surface area contributed by atoms with Crippen LogP contribution in [0.3, 0.4) is 0 Å². The fraction of sp³-hybridized carbons (Fsp3) is 0.385. The second kappa shape index (κ2) is 6.62. The molecule has 0 saturated carbocycles. The molecule has 7 heteroatoms. The summed E-state index contributed by atoms with van der Waals surface area (Å²) in [6.45, 7) is 1.96. The highest BCUT2D eigenvalue weighted by Crippen LogP contribution is 2.02. The molecule has 20 heavy (non-hydrogen) atoms. The Morgan fingerprint density at radius 3 is 2.55 bits per heavy atom. The summed E-state index contributed by atoms with van der Waals surface area (Å²) >= 11 is 0. The molecule has 108 valence electrons. The quantitative estimate of drug-likeness (QED) is 0.826. The van der Waals surface area contributed by atoms with Gasteiger partial charge in [0.05, 0.1) is 5.75 Å². The molecule has 0 aliphatic carbocycles. The average Bonchev–Trinajstić information content (AvgIpc) is 2.83. The number of sulfonamides is 1. The van der Waals surface area contributed by atoms with Gasteiger partial charge in [-0.3, -0.25) is 0 Å². The van der Waals surface area contributed by atoms with Gasteiger partial charge in [0.25, 0.3) is 0 Å². The van der Waals surface area contributed by atoms with E-state index in [1.165, 1.54) is 0 Å². The van der Waals surface area contributed by atoms with Gasteiger partial charge >= 0.3 is 0 Å². The van der Waals surface area contributed by atoms with Crippen molar-refractivity contribution in [2.45, 2.75) is 19.8 Å². The van der Waals surface area contributed by atoms with Gasteiger partial charge < -0.3 is 4.42 Å². The predicted molar refractivity (Wildman–Crippen MR) is 74.7 cm³/mol. The molecule has 0 spiro atoms. The van der Waals surface area contributed by atoms with Crippen LogP contribution in [-0.4, -0.2) is 30.9 Å². The summed E-state index contributed by atoms with van der Waals surface area (Å²) in [5, 5.41) is 7.49. The first-order valence-electron chi connectivity index (χ1n) is 6.35. The summed E-state index contributed by atoms with van der Waals surface area (Å²) < 4.78 is 31.3. The van der Waals surface area contributed by atoms with Gasteiger partial charge in [0.2, 0.25) is 21.8 Å². The van der Waals surface area contributed by atoms with Crippen LogP contribution >= 0.6 is 0 Å². The van der Waals surface area contributed by atoms with Crippen LogP contribution in [0.1, 0.15) is 17.3 Å². The Labute approximate surface area is 118 Å². The van der Waals surface area contributed by atoms with Gasteiger partial charge in [0, 0.05) is 19.9 Å². The van der Waals surface area contributed by atoms with Crippen LogP contribution in [0.15, 0.2) is 34.7 Å². The Bertz CT molecular complexity index is 638. The number of aromatic nitrogens is 2. The second-order valence-electron chi connectivity index (χ2n) is 4.41. The molecular weight excluding hydrogens is 278 g/mol. The van der Waals surface area contributed by atoms with Gasteiger partial charge in [-0.2, -0.15) is 0 Å². The van der Waals surface area contributed by atoms with Gasteiger partial charge in [-0.1, -0.05) is 30.3 Å². The highest BCUT2D eigenvalue weighted by atomic mass is 32.2. The first-order chi connectivity index (χ1) is 9.55. The lowest BCUT2D eigenvalue weighted by Crippen LogP contribution is -2.29. The minimum Gasteiger partial charge on any atom is -0.426 e. The summed E-state index contributed by atoms with van der Waals surface area (Å²) in [6.07, 6.45) is 0.890. The number of benzene rings is 1. The molecule has 0 aliphatic rings. The van der Waals surface area contributed by atoms with Crippen LogP contribution in [0.25, 0.3) is 0 Å². The number of nitrogens with zero attached hydrogens (tertiary/aromatic N) is 2. The Morgan fingerprint density at radius 1 is 1.15 bits per heavy atom. The topological polar surface area (TPSA) is 85.1 Å². The van der Waals surface area contributed by atoms with Crippen LogP contribution < -0.4 is 4.72 Å². The first-order valence-corrected chi connectivity index (χ1v) is 8.01. The van der Waals surface area contributed by atoms with Crippen molar-refractivity contribution < 1.29 is 12.8 Å². The number of nitrogens with one attached hydrogen (secondary N) is 1. The van der Waals surface area contributed by atoms with Gasteiger partial charge in [-0.25, -0.2) is 13.1 Å². The van der Waals surface area contributed by atoms with Crippen molar-refractivity contribution in [2.24, 2.45) is 0 Å². The fourth-order valence-corrected chi connectivity index (χ4v) is 2.78. The third kappa shape index (κ3) is 4.75. The van der Waals surface area contributed by atoms with Crippen molar-refractivity contribution in [3.05, 3.63) is 47.7 Å². The van der Waals surface area contributed by atoms with Gasteiger partial charge in [0.1, 0.15) is 0 Å². The zero-order valence-corrected chi connectivity index (χ0v) is 12.1. The molecule has 0 radical (unpaired) electrons. The molecule has 0 fully saturated rings. The molecule has 0 aliphatic heterocycles. The molecular formula is C13H17N3O3S. The number of hydrogen-bond donors (Lipinski definition) is 1. The lowest BCUT2D eigenvalue weighted by Gasteiger charge is -2.05. The van der Waals surface area contributed by atoms with Gasteiger partial charge in [0.15, 0.2) is 0 Å². The molecule has 0 unspecified atom stereocenters.